The van der Waals surface area contributed by atoms with Crippen molar-refractivity contribution in [2.45, 2.75) is 6.92 Å². The molecule has 0 aliphatic carbocycles. The first kappa shape index (κ1) is 16.2. The standard InChI is InChI=1S/C19H22N2O3/c1-15-3-6-18(24-15)9-10-19(22)21-13-11-20(12-14-21)16-4-7-17(23-2)8-5-16/h3-10H,11-14H2,1-2H3/b10-9+. The lowest BCUT2D eigenvalue weighted by Crippen LogP contribution is -2.48. The molecule has 5 nitrogen and oxygen atoms in total. The molecule has 0 saturated carbocycles. The molecule has 1 amide bonds. The van der Waals surface area contributed by atoms with E-state index in [9.17, 15) is 4.79 Å². The number of rotatable bonds is 4. The number of hydrogen-bond donors (Lipinski definition) is 0. The zero-order chi connectivity index (χ0) is 16.9. The lowest BCUT2D eigenvalue weighted by molar-refractivity contribution is -0.126. The van der Waals surface area contributed by atoms with Gasteiger partial charge in [0.25, 0.3) is 0 Å². The largest absolute Gasteiger partial charge is 0.497 e. The summed E-state index contributed by atoms with van der Waals surface area (Å²) in [6.45, 7) is 4.97. The van der Waals surface area contributed by atoms with Crippen LogP contribution in [-0.2, 0) is 4.79 Å². The number of methoxy groups -OCH3 is 1. The molecule has 0 N–H and O–H groups in total. The van der Waals surface area contributed by atoms with E-state index < -0.39 is 0 Å². The summed E-state index contributed by atoms with van der Waals surface area (Å²) < 4.78 is 10.6. The molecular weight excluding hydrogens is 304 g/mol. The van der Waals surface area contributed by atoms with Crippen molar-refractivity contribution in [1.29, 1.82) is 0 Å². The maximum atomic E-state index is 12.3. The lowest BCUT2D eigenvalue weighted by atomic mass is 10.2. The smallest absolute Gasteiger partial charge is 0.246 e. The molecule has 1 aromatic heterocycles. The maximum Gasteiger partial charge on any atom is 0.246 e. The Balaban J connectivity index is 1.54. The van der Waals surface area contributed by atoms with Crippen LogP contribution >= 0.6 is 0 Å². The first-order valence-electron chi connectivity index (χ1n) is 8.08. The fourth-order valence-corrected chi connectivity index (χ4v) is 2.78. The number of carbonyl (C=O) groups excluding carboxylic acids is 1. The maximum absolute atomic E-state index is 12.3. The van der Waals surface area contributed by atoms with E-state index in [2.05, 4.69) is 17.0 Å². The Morgan fingerprint density at radius 1 is 1.08 bits per heavy atom. The molecule has 1 fully saturated rings. The third-order valence-electron chi connectivity index (χ3n) is 4.18. The van der Waals surface area contributed by atoms with Crippen LogP contribution in [0.5, 0.6) is 5.75 Å². The Labute approximate surface area is 142 Å². The zero-order valence-corrected chi connectivity index (χ0v) is 14.1. The van der Waals surface area contributed by atoms with Gasteiger partial charge in [-0.3, -0.25) is 4.79 Å². The van der Waals surface area contributed by atoms with Gasteiger partial charge in [-0.05, 0) is 49.4 Å². The van der Waals surface area contributed by atoms with E-state index in [0.29, 0.717) is 18.8 Å². The Kier molecular flexibility index (Phi) is 4.89. The fourth-order valence-electron chi connectivity index (χ4n) is 2.78. The highest BCUT2D eigenvalue weighted by atomic mass is 16.5. The highest BCUT2D eigenvalue weighted by Gasteiger charge is 2.19. The number of anilines is 1. The SMILES string of the molecule is COc1ccc(N2CCN(C(=O)/C=C/c3ccc(C)o3)CC2)cc1. The van der Waals surface area contributed by atoms with Crippen molar-refractivity contribution in [2.75, 3.05) is 38.2 Å². The summed E-state index contributed by atoms with van der Waals surface area (Å²) in [6.07, 6.45) is 3.31. The van der Waals surface area contributed by atoms with Crippen molar-refractivity contribution in [3.8, 4) is 5.75 Å². The van der Waals surface area contributed by atoms with Gasteiger partial charge in [0.05, 0.1) is 7.11 Å². The van der Waals surface area contributed by atoms with E-state index in [4.69, 9.17) is 9.15 Å². The molecule has 0 radical (unpaired) electrons. The van der Waals surface area contributed by atoms with Crippen molar-refractivity contribution < 1.29 is 13.9 Å². The number of amides is 1. The van der Waals surface area contributed by atoms with Crippen LogP contribution < -0.4 is 9.64 Å². The van der Waals surface area contributed by atoms with Crippen LogP contribution in [0.1, 0.15) is 11.5 Å². The quantitative estimate of drug-likeness (QED) is 0.811. The predicted octanol–water partition coefficient (Wildman–Crippen LogP) is 2.96. The minimum Gasteiger partial charge on any atom is -0.497 e. The number of ether oxygens (including phenoxy) is 1. The molecular formula is C19H22N2O3. The summed E-state index contributed by atoms with van der Waals surface area (Å²) in [6, 6.07) is 11.8. The number of furan rings is 1. The van der Waals surface area contributed by atoms with E-state index in [1.165, 1.54) is 0 Å². The molecule has 0 spiro atoms. The van der Waals surface area contributed by atoms with Gasteiger partial charge in [-0.25, -0.2) is 0 Å². The normalized spacial score (nSPS) is 15.1. The lowest BCUT2D eigenvalue weighted by Gasteiger charge is -2.35. The highest BCUT2D eigenvalue weighted by molar-refractivity contribution is 5.91. The molecule has 2 heterocycles. The van der Waals surface area contributed by atoms with Crippen molar-refractivity contribution in [3.63, 3.8) is 0 Å². The first-order chi connectivity index (χ1) is 11.7. The summed E-state index contributed by atoms with van der Waals surface area (Å²) in [5.74, 6) is 2.43. The highest BCUT2D eigenvalue weighted by Crippen LogP contribution is 2.20. The van der Waals surface area contributed by atoms with Gasteiger partial charge >= 0.3 is 0 Å². The summed E-state index contributed by atoms with van der Waals surface area (Å²) in [4.78, 5) is 16.4. The van der Waals surface area contributed by atoms with E-state index >= 15 is 0 Å². The molecule has 0 bridgehead atoms. The van der Waals surface area contributed by atoms with E-state index in [1.54, 1.807) is 19.3 Å². The van der Waals surface area contributed by atoms with Gasteiger partial charge in [-0.1, -0.05) is 0 Å². The number of benzene rings is 1. The Bertz CT molecular complexity index is 710. The number of piperazine rings is 1. The van der Waals surface area contributed by atoms with Crippen molar-refractivity contribution in [2.24, 2.45) is 0 Å². The van der Waals surface area contributed by atoms with Gasteiger partial charge in [0.2, 0.25) is 5.91 Å². The van der Waals surface area contributed by atoms with Crippen LogP contribution in [0.2, 0.25) is 0 Å². The van der Waals surface area contributed by atoms with Crippen molar-refractivity contribution in [1.82, 2.24) is 4.90 Å². The molecule has 1 aromatic carbocycles. The van der Waals surface area contributed by atoms with Crippen LogP contribution in [0.15, 0.2) is 46.9 Å². The molecule has 5 heteroatoms. The second-order valence-electron chi connectivity index (χ2n) is 5.79. The van der Waals surface area contributed by atoms with E-state index in [-0.39, 0.29) is 5.91 Å². The van der Waals surface area contributed by atoms with E-state index in [1.807, 2.05) is 36.1 Å². The second kappa shape index (κ2) is 7.25. The minimum absolute atomic E-state index is 0.0263. The molecule has 0 atom stereocenters. The average Bonchev–Trinajstić information content (AvgIpc) is 3.05. The summed E-state index contributed by atoms with van der Waals surface area (Å²) in [5, 5.41) is 0. The molecule has 2 aromatic rings. The number of carbonyl (C=O) groups is 1. The van der Waals surface area contributed by atoms with Gasteiger partial charge < -0.3 is 19.0 Å². The third-order valence-corrected chi connectivity index (χ3v) is 4.18. The van der Waals surface area contributed by atoms with Crippen LogP contribution in [-0.4, -0.2) is 44.1 Å². The minimum atomic E-state index is 0.0263. The van der Waals surface area contributed by atoms with Crippen LogP contribution in [0, 0.1) is 6.92 Å². The topological polar surface area (TPSA) is 45.9 Å². The molecule has 1 aliphatic heterocycles. The van der Waals surface area contributed by atoms with Crippen molar-refractivity contribution in [3.05, 3.63) is 54.0 Å². The first-order valence-corrected chi connectivity index (χ1v) is 8.08. The predicted molar refractivity (Wildman–Crippen MR) is 94.3 cm³/mol. The number of aryl methyl sites for hydroxylation is 1. The average molecular weight is 326 g/mol. The van der Waals surface area contributed by atoms with Gasteiger partial charge in [0, 0.05) is 37.9 Å². The van der Waals surface area contributed by atoms with Gasteiger partial charge in [-0.2, -0.15) is 0 Å². The Morgan fingerprint density at radius 3 is 2.38 bits per heavy atom. The third kappa shape index (κ3) is 3.79. The second-order valence-corrected chi connectivity index (χ2v) is 5.79. The van der Waals surface area contributed by atoms with Crippen LogP contribution in [0.4, 0.5) is 5.69 Å². The van der Waals surface area contributed by atoms with Gasteiger partial charge in [-0.15, -0.1) is 0 Å². The monoisotopic (exact) mass is 326 g/mol. The molecule has 1 aliphatic rings. The number of nitrogens with zero attached hydrogens (tertiary/aromatic N) is 2. The molecule has 126 valence electrons. The Hall–Kier alpha value is -2.69. The van der Waals surface area contributed by atoms with Crippen LogP contribution in [0.3, 0.4) is 0 Å². The van der Waals surface area contributed by atoms with Gasteiger partial charge in [0.15, 0.2) is 0 Å². The molecule has 1 saturated heterocycles. The molecule has 3 rings (SSSR count). The Morgan fingerprint density at radius 2 is 1.79 bits per heavy atom. The zero-order valence-electron chi connectivity index (χ0n) is 14.1. The number of hydrogen-bond acceptors (Lipinski definition) is 4. The molecule has 0 unspecified atom stereocenters. The fraction of sp³-hybridized carbons (Fsp3) is 0.316. The summed E-state index contributed by atoms with van der Waals surface area (Å²) in [7, 11) is 1.66. The molecule has 24 heavy (non-hydrogen) atoms. The van der Waals surface area contributed by atoms with E-state index in [0.717, 1.165) is 30.3 Å². The summed E-state index contributed by atoms with van der Waals surface area (Å²) >= 11 is 0. The summed E-state index contributed by atoms with van der Waals surface area (Å²) in [5.41, 5.74) is 1.16. The van der Waals surface area contributed by atoms with Gasteiger partial charge in [0.1, 0.15) is 17.3 Å². The van der Waals surface area contributed by atoms with Crippen molar-refractivity contribution >= 4 is 17.7 Å². The van der Waals surface area contributed by atoms with Crippen LogP contribution in [0.25, 0.3) is 6.08 Å².